The number of para-hydroxylation sites is 1. The molecule has 23 heavy (non-hydrogen) atoms. The summed E-state index contributed by atoms with van der Waals surface area (Å²) in [5.74, 6) is -1.32. The van der Waals surface area contributed by atoms with Gasteiger partial charge in [-0.1, -0.05) is 23.7 Å². The monoisotopic (exact) mass is 397 g/mol. The highest BCUT2D eigenvalue weighted by atomic mass is 79.9. The predicted molar refractivity (Wildman–Crippen MR) is 87.5 cm³/mol. The lowest BCUT2D eigenvalue weighted by atomic mass is 10.2. The number of aromatic nitrogens is 3. The number of hydrogen-bond acceptors (Lipinski definition) is 4. The van der Waals surface area contributed by atoms with Crippen molar-refractivity contribution in [3.63, 3.8) is 0 Å². The Morgan fingerprint density at radius 3 is 2.83 bits per heavy atom. The molecule has 5 nitrogen and oxygen atoms in total. The van der Waals surface area contributed by atoms with Gasteiger partial charge >= 0.3 is 5.97 Å². The van der Waals surface area contributed by atoms with Crippen molar-refractivity contribution in [3.05, 3.63) is 51.5 Å². The van der Waals surface area contributed by atoms with E-state index in [2.05, 4.69) is 26.1 Å². The summed E-state index contributed by atoms with van der Waals surface area (Å²) in [6.07, 6.45) is 0. The molecule has 0 aliphatic rings. The largest absolute Gasteiger partial charge is 0.461 e. The summed E-state index contributed by atoms with van der Waals surface area (Å²) in [6.45, 7) is 1.77. The number of rotatable bonds is 3. The zero-order valence-electron chi connectivity index (χ0n) is 11.9. The van der Waals surface area contributed by atoms with Crippen molar-refractivity contribution >= 4 is 44.4 Å². The average Bonchev–Trinajstić information content (AvgIpc) is 2.81. The molecule has 8 heteroatoms. The smallest absolute Gasteiger partial charge is 0.358 e. The minimum atomic E-state index is -0.790. The minimum Gasteiger partial charge on any atom is -0.461 e. The molecular formula is C15H10BrClFN3O2. The number of esters is 1. The Kier molecular flexibility index (Phi) is 4.32. The Bertz CT molecular complexity index is 913. The van der Waals surface area contributed by atoms with Gasteiger partial charge in [-0.05, 0) is 41.1 Å². The van der Waals surface area contributed by atoms with Crippen LogP contribution in [0.25, 0.3) is 16.7 Å². The van der Waals surface area contributed by atoms with Gasteiger partial charge in [0.05, 0.1) is 17.1 Å². The first-order valence-electron chi connectivity index (χ1n) is 6.69. The third-order valence-corrected chi connectivity index (χ3v) is 3.86. The molecule has 118 valence electrons. The van der Waals surface area contributed by atoms with E-state index in [0.717, 1.165) is 0 Å². The quantitative estimate of drug-likeness (QED) is 0.622. The fourth-order valence-electron chi connectivity index (χ4n) is 2.29. The lowest BCUT2D eigenvalue weighted by molar-refractivity contribution is 0.0512. The van der Waals surface area contributed by atoms with E-state index >= 15 is 0 Å². The predicted octanol–water partition coefficient (Wildman–Crippen LogP) is 4.15. The first kappa shape index (κ1) is 15.9. The summed E-state index contributed by atoms with van der Waals surface area (Å²) in [5.41, 5.74) is 0.193. The van der Waals surface area contributed by atoms with Crippen LogP contribution in [-0.4, -0.2) is 27.3 Å². The Morgan fingerprint density at radius 1 is 1.39 bits per heavy atom. The lowest BCUT2D eigenvalue weighted by Crippen LogP contribution is -2.14. The summed E-state index contributed by atoms with van der Waals surface area (Å²) >= 11 is 9.36. The van der Waals surface area contributed by atoms with Crippen LogP contribution in [0.15, 0.2) is 34.9 Å². The Balaban J connectivity index is 2.37. The van der Waals surface area contributed by atoms with E-state index in [0.29, 0.717) is 10.1 Å². The van der Waals surface area contributed by atoms with Gasteiger partial charge in [0.1, 0.15) is 4.60 Å². The first-order chi connectivity index (χ1) is 11.0. The topological polar surface area (TPSA) is 57.0 Å². The number of halogens is 3. The number of fused-ring (bicyclic) bond motifs is 1. The van der Waals surface area contributed by atoms with Gasteiger partial charge in [0.15, 0.2) is 17.3 Å². The average molecular weight is 399 g/mol. The molecular weight excluding hydrogens is 389 g/mol. The maximum absolute atomic E-state index is 14.7. The van der Waals surface area contributed by atoms with E-state index in [9.17, 15) is 9.18 Å². The van der Waals surface area contributed by atoms with E-state index in [4.69, 9.17) is 16.3 Å². The Labute approximate surface area is 144 Å². The normalized spacial score (nSPS) is 11.0. The summed E-state index contributed by atoms with van der Waals surface area (Å²) in [6, 6.07) is 8.17. The molecule has 1 aromatic carbocycles. The minimum absolute atomic E-state index is 0.125. The standard InChI is InChI=1S/C15H10BrClFN3O2/c1-2-23-15(22)13-12(18)8-5-3-4-6-10(8)21(13)14-9(17)7-11(16)19-20-14/h3-7H,2H2,1H3. The van der Waals surface area contributed by atoms with Crippen LogP contribution >= 0.6 is 27.5 Å². The van der Waals surface area contributed by atoms with E-state index < -0.39 is 11.8 Å². The van der Waals surface area contributed by atoms with Crippen molar-refractivity contribution in [2.24, 2.45) is 0 Å². The number of hydrogen-bond donors (Lipinski definition) is 0. The molecule has 0 saturated heterocycles. The maximum Gasteiger partial charge on any atom is 0.358 e. The fraction of sp³-hybridized carbons (Fsp3) is 0.133. The Hall–Kier alpha value is -1.99. The van der Waals surface area contributed by atoms with E-state index in [1.54, 1.807) is 31.2 Å². The second-order valence-corrected chi connectivity index (χ2v) is 5.79. The molecule has 0 fully saturated rings. The molecule has 0 aliphatic heterocycles. The van der Waals surface area contributed by atoms with Gasteiger partial charge in [-0.15, -0.1) is 10.2 Å². The van der Waals surface area contributed by atoms with Crippen molar-refractivity contribution in [2.45, 2.75) is 6.92 Å². The van der Waals surface area contributed by atoms with Crippen LogP contribution in [0.1, 0.15) is 17.4 Å². The third-order valence-electron chi connectivity index (χ3n) is 3.19. The van der Waals surface area contributed by atoms with Gasteiger partial charge in [-0.3, -0.25) is 4.57 Å². The number of carbonyl (C=O) groups is 1. The highest BCUT2D eigenvalue weighted by Crippen LogP contribution is 2.31. The van der Waals surface area contributed by atoms with Crippen LogP contribution in [-0.2, 0) is 4.74 Å². The van der Waals surface area contributed by atoms with Crippen LogP contribution in [0.2, 0.25) is 5.02 Å². The third kappa shape index (κ3) is 2.70. The molecule has 2 heterocycles. The number of benzene rings is 1. The van der Waals surface area contributed by atoms with Gasteiger partial charge in [-0.2, -0.15) is 0 Å². The molecule has 0 saturated carbocycles. The molecule has 0 N–H and O–H groups in total. The maximum atomic E-state index is 14.7. The van der Waals surface area contributed by atoms with Crippen molar-refractivity contribution in [1.29, 1.82) is 0 Å². The second-order valence-electron chi connectivity index (χ2n) is 4.57. The van der Waals surface area contributed by atoms with Gasteiger partial charge < -0.3 is 4.74 Å². The second kappa shape index (κ2) is 6.25. The zero-order valence-corrected chi connectivity index (χ0v) is 14.2. The van der Waals surface area contributed by atoms with Crippen LogP contribution in [0.4, 0.5) is 4.39 Å². The van der Waals surface area contributed by atoms with Crippen LogP contribution in [0.5, 0.6) is 0 Å². The van der Waals surface area contributed by atoms with Gasteiger partial charge in [0.2, 0.25) is 0 Å². The molecule has 0 spiro atoms. The SMILES string of the molecule is CCOC(=O)c1c(F)c2ccccc2n1-c1nnc(Br)cc1Cl. The molecule has 0 amide bonds. The molecule has 0 radical (unpaired) electrons. The lowest BCUT2D eigenvalue weighted by Gasteiger charge is -2.10. The number of carbonyl (C=O) groups excluding carboxylic acids is 1. The summed E-state index contributed by atoms with van der Waals surface area (Å²) < 4.78 is 21.5. The van der Waals surface area contributed by atoms with E-state index in [1.165, 1.54) is 10.6 Å². The molecule has 2 aromatic heterocycles. The van der Waals surface area contributed by atoms with Gasteiger partial charge in [0, 0.05) is 5.39 Å². The van der Waals surface area contributed by atoms with Crippen LogP contribution < -0.4 is 0 Å². The number of ether oxygens (including phenoxy) is 1. The summed E-state index contributed by atoms with van der Waals surface area (Å²) in [4.78, 5) is 12.2. The van der Waals surface area contributed by atoms with Crippen LogP contribution in [0, 0.1) is 5.82 Å². The molecule has 3 rings (SSSR count). The van der Waals surface area contributed by atoms with Crippen molar-refractivity contribution in [1.82, 2.24) is 14.8 Å². The summed E-state index contributed by atoms with van der Waals surface area (Å²) in [5, 5.41) is 8.33. The van der Waals surface area contributed by atoms with Crippen LogP contribution in [0.3, 0.4) is 0 Å². The molecule has 0 unspecified atom stereocenters. The molecule has 3 aromatic rings. The van der Waals surface area contributed by atoms with Gasteiger partial charge in [0.25, 0.3) is 0 Å². The van der Waals surface area contributed by atoms with Crippen molar-refractivity contribution in [3.8, 4) is 5.82 Å². The van der Waals surface area contributed by atoms with E-state index in [1.807, 2.05) is 0 Å². The van der Waals surface area contributed by atoms with Gasteiger partial charge in [-0.25, -0.2) is 9.18 Å². The molecule has 0 atom stereocenters. The molecule has 0 bridgehead atoms. The fourth-order valence-corrected chi connectivity index (χ4v) is 2.96. The summed E-state index contributed by atoms with van der Waals surface area (Å²) in [7, 11) is 0. The first-order valence-corrected chi connectivity index (χ1v) is 7.86. The highest BCUT2D eigenvalue weighted by molar-refractivity contribution is 9.10. The van der Waals surface area contributed by atoms with E-state index in [-0.39, 0.29) is 28.5 Å². The zero-order chi connectivity index (χ0) is 16.6. The van der Waals surface area contributed by atoms with Crippen molar-refractivity contribution in [2.75, 3.05) is 6.61 Å². The Morgan fingerprint density at radius 2 is 2.13 bits per heavy atom. The number of nitrogens with zero attached hydrogens (tertiary/aromatic N) is 3. The highest BCUT2D eigenvalue weighted by Gasteiger charge is 2.27. The molecule has 0 aliphatic carbocycles. The van der Waals surface area contributed by atoms with Crippen molar-refractivity contribution < 1.29 is 13.9 Å².